The number of amides is 1. The van der Waals surface area contributed by atoms with Crippen LogP contribution in [-0.2, 0) is 11.3 Å². The van der Waals surface area contributed by atoms with Gasteiger partial charge in [0, 0.05) is 49.8 Å². The highest BCUT2D eigenvalue weighted by molar-refractivity contribution is 5.81. The van der Waals surface area contributed by atoms with Gasteiger partial charge >= 0.3 is 0 Å². The molecule has 1 atom stereocenters. The lowest BCUT2D eigenvalue weighted by Gasteiger charge is -2.40. The Kier molecular flexibility index (Phi) is 5.96. The van der Waals surface area contributed by atoms with Crippen LogP contribution in [-0.4, -0.2) is 54.5 Å². The Balaban J connectivity index is 1.74. The van der Waals surface area contributed by atoms with Crippen LogP contribution in [0, 0.1) is 5.41 Å². The first-order valence-electron chi connectivity index (χ1n) is 9.52. The van der Waals surface area contributed by atoms with Gasteiger partial charge in [0.25, 0.3) is 0 Å². The SMILES string of the molecule is CCNC(=NCc1cccnc1OCC)N1CCCC2(CNC(=O)C2)C1. The van der Waals surface area contributed by atoms with Crippen molar-refractivity contribution in [2.45, 2.75) is 39.7 Å². The quantitative estimate of drug-likeness (QED) is 0.616. The van der Waals surface area contributed by atoms with Gasteiger partial charge < -0.3 is 20.3 Å². The highest BCUT2D eigenvalue weighted by atomic mass is 16.5. The van der Waals surface area contributed by atoms with Crippen LogP contribution in [0.2, 0.25) is 0 Å². The highest BCUT2D eigenvalue weighted by Crippen LogP contribution is 2.36. The predicted octanol–water partition coefficient (Wildman–Crippen LogP) is 1.55. The summed E-state index contributed by atoms with van der Waals surface area (Å²) in [6, 6.07) is 3.91. The molecule has 0 radical (unpaired) electrons. The molecule has 1 aromatic heterocycles. The maximum atomic E-state index is 11.7. The first-order chi connectivity index (χ1) is 12.7. The molecule has 2 aliphatic rings. The monoisotopic (exact) mass is 359 g/mol. The summed E-state index contributed by atoms with van der Waals surface area (Å²) < 4.78 is 5.60. The molecule has 0 aromatic carbocycles. The maximum absolute atomic E-state index is 11.7. The van der Waals surface area contributed by atoms with Crippen molar-refractivity contribution in [1.82, 2.24) is 20.5 Å². The van der Waals surface area contributed by atoms with Gasteiger partial charge in [-0.05, 0) is 32.8 Å². The standard InChI is InChI=1S/C19H29N5O2/c1-3-20-18(22-12-15-7-5-9-21-17(15)26-4-2)24-10-6-8-19(14-24)11-16(25)23-13-19/h5,7,9H,3-4,6,8,10-14H2,1-2H3,(H,20,22)(H,23,25). The number of aromatic nitrogens is 1. The summed E-state index contributed by atoms with van der Waals surface area (Å²) >= 11 is 0. The van der Waals surface area contributed by atoms with Crippen LogP contribution < -0.4 is 15.4 Å². The van der Waals surface area contributed by atoms with Crippen LogP contribution in [0.15, 0.2) is 23.3 Å². The number of rotatable bonds is 5. The number of carbonyl (C=O) groups excluding carboxylic acids is 1. The summed E-state index contributed by atoms with van der Waals surface area (Å²) in [5.74, 6) is 1.72. The van der Waals surface area contributed by atoms with Crippen molar-refractivity contribution in [1.29, 1.82) is 0 Å². The van der Waals surface area contributed by atoms with E-state index >= 15 is 0 Å². The van der Waals surface area contributed by atoms with Crippen LogP contribution in [0.4, 0.5) is 0 Å². The molecule has 0 saturated carbocycles. The van der Waals surface area contributed by atoms with Crippen molar-refractivity contribution in [2.24, 2.45) is 10.4 Å². The van der Waals surface area contributed by atoms with E-state index in [-0.39, 0.29) is 11.3 Å². The zero-order valence-electron chi connectivity index (χ0n) is 15.8. The molecule has 2 fully saturated rings. The van der Waals surface area contributed by atoms with E-state index in [9.17, 15) is 4.79 Å². The average Bonchev–Trinajstić information content (AvgIpc) is 3.00. The van der Waals surface area contributed by atoms with Gasteiger partial charge in [0.2, 0.25) is 11.8 Å². The zero-order chi connectivity index (χ0) is 18.4. The number of ether oxygens (including phenoxy) is 1. The van der Waals surface area contributed by atoms with Crippen LogP contribution in [0.1, 0.15) is 38.7 Å². The summed E-state index contributed by atoms with van der Waals surface area (Å²) in [7, 11) is 0. The largest absolute Gasteiger partial charge is 0.478 e. The van der Waals surface area contributed by atoms with Crippen molar-refractivity contribution in [3.63, 3.8) is 0 Å². The molecule has 2 N–H and O–H groups in total. The molecule has 1 spiro atoms. The molecule has 3 rings (SSSR count). The van der Waals surface area contributed by atoms with E-state index in [2.05, 4.69) is 27.4 Å². The minimum atomic E-state index is 0.0519. The molecule has 3 heterocycles. The van der Waals surface area contributed by atoms with Crippen LogP contribution >= 0.6 is 0 Å². The van der Waals surface area contributed by atoms with E-state index in [1.165, 1.54) is 0 Å². The van der Waals surface area contributed by atoms with Gasteiger partial charge in [0.1, 0.15) is 0 Å². The molecular weight excluding hydrogens is 330 g/mol. The number of hydrogen-bond donors (Lipinski definition) is 2. The first-order valence-corrected chi connectivity index (χ1v) is 9.52. The smallest absolute Gasteiger partial charge is 0.220 e. The molecule has 0 bridgehead atoms. The van der Waals surface area contributed by atoms with E-state index in [1.54, 1.807) is 6.20 Å². The van der Waals surface area contributed by atoms with Crippen LogP contribution in [0.3, 0.4) is 0 Å². The number of piperidine rings is 1. The second-order valence-corrected chi connectivity index (χ2v) is 7.05. The van der Waals surface area contributed by atoms with Gasteiger partial charge in [-0.25, -0.2) is 9.98 Å². The Morgan fingerprint density at radius 3 is 3.12 bits per heavy atom. The van der Waals surface area contributed by atoms with E-state index in [0.29, 0.717) is 25.5 Å². The minimum absolute atomic E-state index is 0.0519. The van der Waals surface area contributed by atoms with Gasteiger partial charge in [-0.1, -0.05) is 6.07 Å². The third-order valence-corrected chi connectivity index (χ3v) is 5.02. The van der Waals surface area contributed by atoms with Gasteiger partial charge in [0.05, 0.1) is 13.2 Å². The second-order valence-electron chi connectivity index (χ2n) is 7.05. The minimum Gasteiger partial charge on any atom is -0.478 e. The fraction of sp³-hybridized carbons (Fsp3) is 0.632. The molecule has 7 nitrogen and oxygen atoms in total. The molecule has 26 heavy (non-hydrogen) atoms. The average molecular weight is 359 g/mol. The number of carbonyl (C=O) groups is 1. The van der Waals surface area contributed by atoms with Gasteiger partial charge in [-0.3, -0.25) is 4.79 Å². The number of guanidine groups is 1. The van der Waals surface area contributed by atoms with E-state index < -0.39 is 0 Å². The molecule has 142 valence electrons. The Hall–Kier alpha value is -2.31. The van der Waals surface area contributed by atoms with Crippen molar-refractivity contribution < 1.29 is 9.53 Å². The van der Waals surface area contributed by atoms with E-state index in [1.807, 2.05) is 19.1 Å². The van der Waals surface area contributed by atoms with Crippen LogP contribution in [0.5, 0.6) is 5.88 Å². The Labute approximate surface area is 155 Å². The van der Waals surface area contributed by atoms with Crippen molar-refractivity contribution in [3.8, 4) is 5.88 Å². The van der Waals surface area contributed by atoms with Crippen LogP contribution in [0.25, 0.3) is 0 Å². The summed E-state index contributed by atoms with van der Waals surface area (Å²) in [6.45, 7) is 8.55. The second kappa shape index (κ2) is 8.38. The number of hydrogen-bond acceptors (Lipinski definition) is 4. The predicted molar refractivity (Wildman–Crippen MR) is 101 cm³/mol. The molecule has 1 unspecified atom stereocenters. The lowest BCUT2D eigenvalue weighted by Crippen LogP contribution is -2.51. The third kappa shape index (κ3) is 4.26. The number of nitrogens with one attached hydrogen (secondary N) is 2. The lowest BCUT2D eigenvalue weighted by atomic mass is 9.79. The Morgan fingerprint density at radius 1 is 1.50 bits per heavy atom. The molecule has 7 heteroatoms. The van der Waals surface area contributed by atoms with E-state index in [0.717, 1.165) is 50.5 Å². The van der Waals surface area contributed by atoms with Gasteiger partial charge in [0.15, 0.2) is 5.96 Å². The molecule has 2 aliphatic heterocycles. The normalized spacial score (nSPS) is 23.2. The van der Waals surface area contributed by atoms with Crippen molar-refractivity contribution in [3.05, 3.63) is 23.9 Å². The fourth-order valence-corrected chi connectivity index (χ4v) is 3.83. The van der Waals surface area contributed by atoms with Crippen molar-refractivity contribution in [2.75, 3.05) is 32.8 Å². The number of nitrogens with zero attached hydrogens (tertiary/aromatic N) is 3. The summed E-state index contributed by atoms with van der Waals surface area (Å²) in [6.07, 6.45) is 4.54. The van der Waals surface area contributed by atoms with Crippen molar-refractivity contribution >= 4 is 11.9 Å². The van der Waals surface area contributed by atoms with Gasteiger partial charge in [-0.2, -0.15) is 0 Å². The lowest BCUT2D eigenvalue weighted by molar-refractivity contribution is -0.119. The molecule has 1 aromatic rings. The number of aliphatic imine (C=N–C) groups is 1. The highest BCUT2D eigenvalue weighted by Gasteiger charge is 2.42. The third-order valence-electron chi connectivity index (χ3n) is 5.02. The topological polar surface area (TPSA) is 78.9 Å². The summed E-state index contributed by atoms with van der Waals surface area (Å²) in [5, 5.41) is 6.40. The number of likely N-dealkylation sites (tertiary alicyclic amines) is 1. The number of pyridine rings is 1. The maximum Gasteiger partial charge on any atom is 0.220 e. The summed E-state index contributed by atoms with van der Waals surface area (Å²) in [5.41, 5.74) is 1.03. The summed E-state index contributed by atoms with van der Waals surface area (Å²) in [4.78, 5) is 23.2. The Bertz CT molecular complexity index is 663. The molecule has 1 amide bonds. The molecular formula is C19H29N5O2. The molecule has 0 aliphatic carbocycles. The molecule has 2 saturated heterocycles. The van der Waals surface area contributed by atoms with E-state index in [4.69, 9.17) is 9.73 Å². The van der Waals surface area contributed by atoms with Gasteiger partial charge in [-0.15, -0.1) is 0 Å². The zero-order valence-corrected chi connectivity index (χ0v) is 15.8. The first kappa shape index (κ1) is 18.5. The Morgan fingerprint density at radius 2 is 2.38 bits per heavy atom. The fourth-order valence-electron chi connectivity index (χ4n) is 3.83.